The van der Waals surface area contributed by atoms with Crippen LogP contribution in [-0.2, 0) is 42.1 Å². The Hall–Kier alpha value is -3.01. The van der Waals surface area contributed by atoms with Crippen molar-refractivity contribution in [3.05, 3.63) is 60.1 Å². The van der Waals surface area contributed by atoms with Crippen LogP contribution in [0.2, 0.25) is 0 Å². The molecule has 140 valence electrons. The van der Waals surface area contributed by atoms with Crippen molar-refractivity contribution in [1.82, 2.24) is 0 Å². The third-order valence-electron chi connectivity index (χ3n) is 2.92. The van der Waals surface area contributed by atoms with Crippen molar-refractivity contribution in [3.8, 4) is 0 Å². The van der Waals surface area contributed by atoms with Crippen molar-refractivity contribution < 1.29 is 43.8 Å². The molecule has 2 N–H and O–H groups in total. The normalized spacial score (nSPS) is 10.4. The maximum Gasteiger partial charge on any atom is 0.379 e. The zero-order valence-electron chi connectivity index (χ0n) is 13.8. The monoisotopic (exact) mass is 366 g/mol. The van der Waals surface area contributed by atoms with Gasteiger partial charge in [-0.1, -0.05) is 18.7 Å². The summed E-state index contributed by atoms with van der Waals surface area (Å²) in [5.41, 5.74) is 0.821. The van der Waals surface area contributed by atoms with Gasteiger partial charge >= 0.3 is 11.9 Å². The number of rotatable bonds is 11. The SMILES string of the molecule is C=CC(=O)O/C=C\OOCCOC(=O)C(=O)c1ccc(CO)c(CO)c1. The molecule has 0 heterocycles. The molecule has 0 aliphatic rings. The summed E-state index contributed by atoms with van der Waals surface area (Å²) in [5.74, 6) is -2.68. The van der Waals surface area contributed by atoms with Crippen molar-refractivity contribution in [2.24, 2.45) is 0 Å². The van der Waals surface area contributed by atoms with Crippen LogP contribution in [0.1, 0.15) is 21.5 Å². The second kappa shape index (κ2) is 11.5. The molecule has 0 atom stereocenters. The van der Waals surface area contributed by atoms with Crippen molar-refractivity contribution in [2.45, 2.75) is 13.2 Å². The van der Waals surface area contributed by atoms with E-state index in [-0.39, 0.29) is 32.0 Å². The Morgan fingerprint density at radius 3 is 2.42 bits per heavy atom. The van der Waals surface area contributed by atoms with Gasteiger partial charge in [0.1, 0.15) is 19.5 Å². The average Bonchev–Trinajstić information content (AvgIpc) is 2.68. The molecule has 0 spiro atoms. The minimum Gasteiger partial charge on any atom is -0.457 e. The lowest BCUT2D eigenvalue weighted by Crippen LogP contribution is -2.20. The largest absolute Gasteiger partial charge is 0.457 e. The Labute approximate surface area is 149 Å². The van der Waals surface area contributed by atoms with Crippen LogP contribution in [-0.4, -0.2) is 41.1 Å². The molecule has 0 radical (unpaired) electrons. The molecule has 0 saturated heterocycles. The maximum atomic E-state index is 12.0. The molecular formula is C17H18O9. The Morgan fingerprint density at radius 1 is 1.04 bits per heavy atom. The molecule has 9 nitrogen and oxygen atoms in total. The van der Waals surface area contributed by atoms with E-state index in [1.165, 1.54) is 18.2 Å². The first-order valence-electron chi connectivity index (χ1n) is 7.34. The number of carbonyl (C=O) groups is 3. The van der Waals surface area contributed by atoms with Crippen LogP contribution in [0.3, 0.4) is 0 Å². The van der Waals surface area contributed by atoms with Crippen molar-refractivity contribution in [3.63, 3.8) is 0 Å². The van der Waals surface area contributed by atoms with E-state index in [0.717, 1.165) is 18.6 Å². The lowest BCUT2D eigenvalue weighted by molar-refractivity contribution is -0.255. The fraction of sp³-hybridized carbons (Fsp3) is 0.235. The number of Topliss-reactive ketones (excluding diaryl/α,β-unsaturated/α-hetero) is 1. The van der Waals surface area contributed by atoms with Gasteiger partial charge in [0.05, 0.1) is 13.2 Å². The van der Waals surface area contributed by atoms with Crippen molar-refractivity contribution in [1.29, 1.82) is 0 Å². The van der Waals surface area contributed by atoms with Crippen LogP contribution in [0.15, 0.2) is 43.4 Å². The van der Waals surface area contributed by atoms with E-state index < -0.39 is 17.7 Å². The van der Waals surface area contributed by atoms with Gasteiger partial charge in [-0.2, -0.15) is 4.89 Å². The van der Waals surface area contributed by atoms with E-state index in [9.17, 15) is 19.5 Å². The number of esters is 2. The lowest BCUT2D eigenvalue weighted by Gasteiger charge is -2.07. The van der Waals surface area contributed by atoms with Crippen LogP contribution >= 0.6 is 0 Å². The standard InChI is InChI=1S/C17H18O9/c1-2-15(20)23-5-7-25-26-8-6-24-17(22)16(21)12-3-4-13(10-18)14(9-12)11-19/h2-5,7,9,18-19H,1,6,8,10-11H2/b7-5-. The second-order valence-electron chi connectivity index (χ2n) is 4.60. The molecular weight excluding hydrogens is 348 g/mol. The number of benzene rings is 1. The van der Waals surface area contributed by atoms with Gasteiger partial charge in [-0.15, -0.1) is 0 Å². The third kappa shape index (κ3) is 6.85. The summed E-state index contributed by atoms with van der Waals surface area (Å²) in [6.45, 7) is 2.08. The molecule has 0 fully saturated rings. The number of carbonyl (C=O) groups excluding carboxylic acids is 3. The average molecular weight is 366 g/mol. The minimum absolute atomic E-state index is 0.0281. The fourth-order valence-electron chi connectivity index (χ4n) is 1.67. The van der Waals surface area contributed by atoms with E-state index in [4.69, 9.17) is 9.84 Å². The van der Waals surface area contributed by atoms with Gasteiger partial charge in [-0.05, 0) is 17.2 Å². The van der Waals surface area contributed by atoms with Gasteiger partial charge in [-0.25, -0.2) is 9.59 Å². The molecule has 0 aromatic heterocycles. The Balaban J connectivity index is 2.36. The predicted octanol–water partition coefficient (Wildman–Crippen LogP) is 0.546. The molecule has 1 aromatic carbocycles. The van der Waals surface area contributed by atoms with Crippen LogP contribution < -0.4 is 0 Å². The third-order valence-corrected chi connectivity index (χ3v) is 2.92. The van der Waals surface area contributed by atoms with E-state index >= 15 is 0 Å². The molecule has 26 heavy (non-hydrogen) atoms. The first kappa shape index (κ1) is 21.0. The van der Waals surface area contributed by atoms with Crippen LogP contribution in [0.5, 0.6) is 0 Å². The molecule has 0 bridgehead atoms. The summed E-state index contributed by atoms with van der Waals surface area (Å²) >= 11 is 0. The molecule has 9 heteroatoms. The number of hydrogen-bond donors (Lipinski definition) is 2. The highest BCUT2D eigenvalue weighted by Crippen LogP contribution is 2.13. The second-order valence-corrected chi connectivity index (χ2v) is 4.60. The summed E-state index contributed by atoms with van der Waals surface area (Å²) < 4.78 is 9.17. The Kier molecular flexibility index (Phi) is 9.33. The Morgan fingerprint density at radius 2 is 1.77 bits per heavy atom. The molecule has 0 saturated carbocycles. The van der Waals surface area contributed by atoms with Crippen LogP contribution in [0, 0.1) is 0 Å². The first-order valence-corrected chi connectivity index (χ1v) is 7.34. The predicted molar refractivity (Wildman–Crippen MR) is 86.0 cm³/mol. The van der Waals surface area contributed by atoms with E-state index in [1.54, 1.807) is 0 Å². The summed E-state index contributed by atoms with van der Waals surface area (Å²) in [6, 6.07) is 4.10. The van der Waals surface area contributed by atoms with Crippen molar-refractivity contribution >= 4 is 17.7 Å². The first-order chi connectivity index (χ1) is 12.5. The van der Waals surface area contributed by atoms with E-state index in [1.807, 2.05) is 0 Å². The zero-order valence-corrected chi connectivity index (χ0v) is 13.8. The van der Waals surface area contributed by atoms with E-state index in [0.29, 0.717) is 11.1 Å². The molecule has 0 unspecified atom stereocenters. The van der Waals surface area contributed by atoms with Gasteiger partial charge < -0.3 is 24.6 Å². The summed E-state index contributed by atoms with van der Waals surface area (Å²) in [5, 5.41) is 18.3. The zero-order chi connectivity index (χ0) is 19.4. The highest BCUT2D eigenvalue weighted by Gasteiger charge is 2.19. The lowest BCUT2D eigenvalue weighted by atomic mass is 10.0. The molecule has 0 aliphatic carbocycles. The summed E-state index contributed by atoms with van der Waals surface area (Å²) in [6.07, 6.45) is 2.82. The number of ether oxygens (including phenoxy) is 2. The number of ketones is 1. The van der Waals surface area contributed by atoms with Crippen LogP contribution in [0.25, 0.3) is 0 Å². The van der Waals surface area contributed by atoms with Gasteiger partial charge in [0.25, 0.3) is 5.78 Å². The number of aliphatic hydroxyl groups excluding tert-OH is 2. The van der Waals surface area contributed by atoms with Gasteiger partial charge in [0.15, 0.2) is 6.26 Å². The van der Waals surface area contributed by atoms with Crippen LogP contribution in [0.4, 0.5) is 0 Å². The minimum atomic E-state index is -1.11. The van der Waals surface area contributed by atoms with Gasteiger partial charge in [-0.3, -0.25) is 4.79 Å². The number of aliphatic hydroxyl groups is 2. The molecule has 0 aliphatic heterocycles. The summed E-state index contributed by atoms with van der Waals surface area (Å²) in [4.78, 5) is 43.4. The number of hydrogen-bond acceptors (Lipinski definition) is 9. The van der Waals surface area contributed by atoms with Gasteiger partial charge in [0.2, 0.25) is 0 Å². The van der Waals surface area contributed by atoms with Gasteiger partial charge in [0, 0.05) is 11.6 Å². The molecule has 1 rings (SSSR count). The molecule has 1 aromatic rings. The Bertz CT molecular complexity index is 679. The highest BCUT2D eigenvalue weighted by molar-refractivity contribution is 6.40. The van der Waals surface area contributed by atoms with E-state index in [2.05, 4.69) is 21.1 Å². The van der Waals surface area contributed by atoms with Crippen molar-refractivity contribution in [2.75, 3.05) is 13.2 Å². The highest BCUT2D eigenvalue weighted by atomic mass is 17.2. The molecule has 0 amide bonds. The smallest absolute Gasteiger partial charge is 0.379 e. The fourth-order valence-corrected chi connectivity index (χ4v) is 1.67. The quantitative estimate of drug-likeness (QED) is 0.0843. The maximum absolute atomic E-state index is 12.0. The topological polar surface area (TPSA) is 129 Å². The summed E-state index contributed by atoms with van der Waals surface area (Å²) in [7, 11) is 0.